The molecule has 8 heteroatoms. The van der Waals surface area contributed by atoms with Gasteiger partial charge in [-0.15, -0.1) is 0 Å². The Labute approximate surface area is 139 Å². The number of nitrogen functional groups attached to an aromatic ring is 1. The number of primary sulfonamides is 1. The number of nitrogens with two attached hydrogens (primary N) is 2. The summed E-state index contributed by atoms with van der Waals surface area (Å²) in [5.41, 5.74) is 8.67. The summed E-state index contributed by atoms with van der Waals surface area (Å²) in [4.78, 5) is 13.1. The largest absolute Gasteiger partial charge is 0.368 e. The average Bonchev–Trinajstić information content (AvgIpc) is 2.54. The number of rotatable bonds is 4. The molecule has 0 radical (unpaired) electrons. The molecule has 0 aliphatic carbocycles. The van der Waals surface area contributed by atoms with E-state index in [-0.39, 0.29) is 10.8 Å². The number of benzene rings is 1. The number of hydrogen-bond donors (Lipinski definition) is 2. The van der Waals surface area contributed by atoms with Crippen LogP contribution >= 0.6 is 0 Å². The third kappa shape index (κ3) is 3.06. The summed E-state index contributed by atoms with van der Waals surface area (Å²) in [5.74, 6) is 0.199. The van der Waals surface area contributed by atoms with Crippen molar-refractivity contribution in [1.82, 2.24) is 15.0 Å². The first-order chi connectivity index (χ1) is 11.4. The lowest BCUT2D eigenvalue weighted by Crippen LogP contribution is -2.13. The molecule has 24 heavy (non-hydrogen) atoms. The molecule has 7 nitrogen and oxygen atoms in total. The van der Waals surface area contributed by atoms with E-state index in [0.717, 1.165) is 12.1 Å². The van der Waals surface area contributed by atoms with Crippen LogP contribution in [-0.2, 0) is 16.4 Å². The fourth-order valence-electron chi connectivity index (χ4n) is 2.58. The van der Waals surface area contributed by atoms with E-state index in [0.29, 0.717) is 28.7 Å². The van der Waals surface area contributed by atoms with Crippen molar-refractivity contribution in [2.24, 2.45) is 5.14 Å². The third-order valence-corrected chi connectivity index (χ3v) is 4.56. The monoisotopic (exact) mass is 343 g/mol. The molecule has 2 heterocycles. The Kier molecular flexibility index (Phi) is 4.16. The lowest BCUT2D eigenvalue weighted by molar-refractivity contribution is 0.598. The summed E-state index contributed by atoms with van der Waals surface area (Å²) < 4.78 is 23.6. The van der Waals surface area contributed by atoms with Crippen molar-refractivity contribution < 1.29 is 8.42 Å². The number of fused-ring (bicyclic) bond motifs is 1. The molecule has 0 fully saturated rings. The normalized spacial score (nSPS) is 11.8. The Balaban J connectivity index is 2.26. The lowest BCUT2D eigenvalue weighted by Gasteiger charge is -2.10. The summed E-state index contributed by atoms with van der Waals surface area (Å²) >= 11 is 0. The first-order valence-electron chi connectivity index (χ1n) is 7.45. The molecule has 0 bridgehead atoms. The minimum absolute atomic E-state index is 0.0326. The number of hydrogen-bond acceptors (Lipinski definition) is 6. The molecule has 2 aromatic heterocycles. The topological polar surface area (TPSA) is 125 Å². The quantitative estimate of drug-likeness (QED) is 0.745. The molecule has 0 saturated carbocycles. The Bertz CT molecular complexity index is 1020. The maximum atomic E-state index is 11.8. The molecule has 4 N–H and O–H groups in total. The fraction of sp³-hybridized carbons (Fsp3) is 0.188. The number of anilines is 1. The van der Waals surface area contributed by atoms with E-state index in [4.69, 9.17) is 10.9 Å². The van der Waals surface area contributed by atoms with Crippen LogP contribution in [0.5, 0.6) is 0 Å². The van der Waals surface area contributed by atoms with Crippen LogP contribution in [0.4, 0.5) is 5.95 Å². The van der Waals surface area contributed by atoms with Crippen molar-refractivity contribution >= 4 is 27.0 Å². The molecule has 3 rings (SSSR count). The maximum absolute atomic E-state index is 11.8. The van der Waals surface area contributed by atoms with E-state index in [2.05, 4.69) is 15.0 Å². The standard InChI is InChI=1S/C16H17N5O2S/c1-2-5-12-15-13(21-16(17)20-12)9-8-11(19-15)10-6-3-4-7-14(10)24(18,22)23/h3-4,6-9H,2,5H2,1H3,(H2,17,20,21)(H2,18,22,23). The highest BCUT2D eigenvalue weighted by molar-refractivity contribution is 7.89. The molecule has 0 spiro atoms. The zero-order valence-electron chi connectivity index (χ0n) is 13.1. The third-order valence-electron chi connectivity index (χ3n) is 3.59. The first kappa shape index (κ1) is 16.3. The van der Waals surface area contributed by atoms with Gasteiger partial charge in [-0.2, -0.15) is 0 Å². The highest BCUT2D eigenvalue weighted by atomic mass is 32.2. The van der Waals surface area contributed by atoms with Gasteiger partial charge in [0.25, 0.3) is 0 Å². The highest BCUT2D eigenvalue weighted by Gasteiger charge is 2.16. The molecule has 0 unspecified atom stereocenters. The van der Waals surface area contributed by atoms with Gasteiger partial charge in [0.15, 0.2) is 0 Å². The van der Waals surface area contributed by atoms with Crippen molar-refractivity contribution in [3.8, 4) is 11.3 Å². The Morgan fingerprint density at radius 1 is 1.04 bits per heavy atom. The van der Waals surface area contributed by atoms with Gasteiger partial charge in [-0.05, 0) is 24.6 Å². The second-order valence-corrected chi connectivity index (χ2v) is 6.91. The van der Waals surface area contributed by atoms with Crippen molar-refractivity contribution in [2.45, 2.75) is 24.7 Å². The van der Waals surface area contributed by atoms with Crippen molar-refractivity contribution in [1.29, 1.82) is 0 Å². The van der Waals surface area contributed by atoms with Gasteiger partial charge >= 0.3 is 0 Å². The van der Waals surface area contributed by atoms with Crippen LogP contribution in [0.25, 0.3) is 22.3 Å². The SMILES string of the molecule is CCCc1nc(N)nc2ccc(-c3ccccc3S(N)(=O)=O)nc12. The molecule has 0 saturated heterocycles. The van der Waals surface area contributed by atoms with E-state index >= 15 is 0 Å². The molecule has 3 aromatic rings. The smallest absolute Gasteiger partial charge is 0.238 e. The van der Waals surface area contributed by atoms with Gasteiger partial charge in [-0.1, -0.05) is 31.5 Å². The second-order valence-electron chi connectivity index (χ2n) is 5.38. The summed E-state index contributed by atoms with van der Waals surface area (Å²) in [5, 5.41) is 5.31. The summed E-state index contributed by atoms with van der Waals surface area (Å²) in [6, 6.07) is 9.96. The van der Waals surface area contributed by atoms with E-state index in [9.17, 15) is 8.42 Å². The molecule has 124 valence electrons. The highest BCUT2D eigenvalue weighted by Crippen LogP contribution is 2.27. The minimum Gasteiger partial charge on any atom is -0.368 e. The number of sulfonamides is 1. The molecule has 0 aliphatic rings. The molecule has 1 aromatic carbocycles. The maximum Gasteiger partial charge on any atom is 0.238 e. The first-order valence-corrected chi connectivity index (χ1v) is 9.00. The molecule has 0 aliphatic heterocycles. The van der Waals surface area contributed by atoms with Crippen LogP contribution in [0, 0.1) is 0 Å². The van der Waals surface area contributed by atoms with E-state index < -0.39 is 10.0 Å². The molecular weight excluding hydrogens is 326 g/mol. The van der Waals surface area contributed by atoms with E-state index in [1.165, 1.54) is 6.07 Å². The lowest BCUT2D eigenvalue weighted by atomic mass is 10.1. The van der Waals surface area contributed by atoms with Gasteiger partial charge in [0.1, 0.15) is 5.52 Å². The Morgan fingerprint density at radius 2 is 1.79 bits per heavy atom. The number of pyridine rings is 1. The van der Waals surface area contributed by atoms with Crippen molar-refractivity contribution in [3.05, 3.63) is 42.1 Å². The molecule has 0 amide bonds. The molecule has 0 atom stereocenters. The van der Waals surface area contributed by atoms with Crippen LogP contribution in [-0.4, -0.2) is 23.4 Å². The predicted octanol–water partition coefficient (Wildman–Crippen LogP) is 1.87. The van der Waals surface area contributed by atoms with Gasteiger partial charge in [-0.25, -0.2) is 28.5 Å². The van der Waals surface area contributed by atoms with Gasteiger partial charge in [0, 0.05) is 5.56 Å². The zero-order chi connectivity index (χ0) is 17.3. The van der Waals surface area contributed by atoms with Crippen LogP contribution in [0.3, 0.4) is 0 Å². The van der Waals surface area contributed by atoms with E-state index in [1.807, 2.05) is 6.92 Å². The summed E-state index contributed by atoms with van der Waals surface area (Å²) in [6.45, 7) is 2.03. The number of nitrogens with zero attached hydrogens (tertiary/aromatic N) is 3. The minimum atomic E-state index is -3.85. The zero-order valence-corrected chi connectivity index (χ0v) is 13.9. The number of aryl methyl sites for hydroxylation is 1. The predicted molar refractivity (Wildman–Crippen MR) is 92.5 cm³/mol. The van der Waals surface area contributed by atoms with Crippen LogP contribution < -0.4 is 10.9 Å². The Hall–Kier alpha value is -2.58. The van der Waals surface area contributed by atoms with Gasteiger partial charge in [-0.3, -0.25) is 0 Å². The van der Waals surface area contributed by atoms with Crippen LogP contribution in [0.2, 0.25) is 0 Å². The second kappa shape index (κ2) is 6.14. The van der Waals surface area contributed by atoms with Gasteiger partial charge < -0.3 is 5.73 Å². The van der Waals surface area contributed by atoms with Crippen LogP contribution in [0.15, 0.2) is 41.3 Å². The van der Waals surface area contributed by atoms with Gasteiger partial charge in [0.05, 0.1) is 21.8 Å². The summed E-state index contributed by atoms with van der Waals surface area (Å²) in [6.07, 6.45) is 1.59. The molecular formula is C16H17N5O2S. The Morgan fingerprint density at radius 3 is 2.50 bits per heavy atom. The van der Waals surface area contributed by atoms with Crippen molar-refractivity contribution in [3.63, 3.8) is 0 Å². The average molecular weight is 343 g/mol. The van der Waals surface area contributed by atoms with Crippen molar-refractivity contribution in [2.75, 3.05) is 5.73 Å². The van der Waals surface area contributed by atoms with Gasteiger partial charge in [0.2, 0.25) is 16.0 Å². The fourth-order valence-corrected chi connectivity index (χ4v) is 3.33. The van der Waals surface area contributed by atoms with E-state index in [1.54, 1.807) is 30.3 Å². The summed E-state index contributed by atoms with van der Waals surface area (Å²) in [7, 11) is -3.85. The van der Waals surface area contributed by atoms with Crippen LogP contribution in [0.1, 0.15) is 19.0 Å². The number of aromatic nitrogens is 3.